The van der Waals surface area contributed by atoms with Crippen LogP contribution in [0.1, 0.15) is 112 Å². The molecule has 0 aliphatic rings. The largest absolute Gasteiger partial charge is 0.481 e. The molecule has 0 aromatic heterocycles. The van der Waals surface area contributed by atoms with Gasteiger partial charge in [-0.05, 0) is 34.1 Å². The van der Waals surface area contributed by atoms with Crippen molar-refractivity contribution < 1.29 is 14.6 Å². The molecular formula is C20H42O3. The first-order chi connectivity index (χ1) is 10.9. The molecule has 23 heavy (non-hydrogen) atoms. The summed E-state index contributed by atoms with van der Waals surface area (Å²) in [5.41, 5.74) is 0. The Morgan fingerprint density at radius 2 is 1.09 bits per heavy atom. The molecule has 140 valence electrons. The van der Waals surface area contributed by atoms with Crippen molar-refractivity contribution >= 4 is 5.97 Å². The van der Waals surface area contributed by atoms with Crippen molar-refractivity contribution in [3.63, 3.8) is 0 Å². The van der Waals surface area contributed by atoms with E-state index in [0.717, 1.165) is 12.8 Å². The van der Waals surface area contributed by atoms with Crippen molar-refractivity contribution in [2.45, 2.75) is 124 Å². The van der Waals surface area contributed by atoms with Crippen molar-refractivity contribution in [3.05, 3.63) is 0 Å². The van der Waals surface area contributed by atoms with E-state index in [1.807, 2.05) is 27.7 Å². The molecule has 0 spiro atoms. The number of hydrogen-bond acceptors (Lipinski definition) is 2. The first-order valence-corrected chi connectivity index (χ1v) is 9.77. The fraction of sp³-hybridized carbons (Fsp3) is 0.950. The number of hydrogen-bond donors (Lipinski definition) is 1. The van der Waals surface area contributed by atoms with Gasteiger partial charge >= 0.3 is 5.97 Å². The Morgan fingerprint density at radius 1 is 0.739 bits per heavy atom. The Kier molecular flexibility index (Phi) is 20.9. The van der Waals surface area contributed by atoms with Crippen LogP contribution in [0.5, 0.6) is 0 Å². The van der Waals surface area contributed by atoms with Gasteiger partial charge in [-0.3, -0.25) is 4.79 Å². The van der Waals surface area contributed by atoms with Crippen LogP contribution in [0.4, 0.5) is 0 Å². The number of carbonyl (C=O) groups is 1. The number of unbranched alkanes of at least 4 members (excludes halogenated alkanes) is 10. The van der Waals surface area contributed by atoms with E-state index in [0.29, 0.717) is 18.6 Å². The zero-order valence-corrected chi connectivity index (χ0v) is 16.4. The zero-order valence-electron chi connectivity index (χ0n) is 16.4. The SMILES string of the molecule is CC(C)OC(C)C.CCCCCCCCCCCCCC(=O)O. The van der Waals surface area contributed by atoms with Crippen LogP contribution >= 0.6 is 0 Å². The second-order valence-electron chi connectivity index (χ2n) is 6.91. The summed E-state index contributed by atoms with van der Waals surface area (Å²) in [5, 5.41) is 8.46. The maximum Gasteiger partial charge on any atom is 0.303 e. The van der Waals surface area contributed by atoms with Gasteiger partial charge in [0.15, 0.2) is 0 Å². The zero-order chi connectivity index (χ0) is 17.9. The lowest BCUT2D eigenvalue weighted by atomic mass is 10.1. The van der Waals surface area contributed by atoms with Crippen LogP contribution < -0.4 is 0 Å². The standard InChI is InChI=1S/C14H28O2.C6H14O/c1-2-3-4-5-6-7-8-9-10-11-12-13-14(15)16;1-5(2)7-6(3)4/h2-13H2,1H3,(H,15,16);5-6H,1-4H3. The monoisotopic (exact) mass is 330 g/mol. The molecule has 0 fully saturated rings. The molecular weight excluding hydrogens is 288 g/mol. The minimum absolute atomic E-state index is 0.344. The molecule has 0 aliphatic heterocycles. The van der Waals surface area contributed by atoms with Crippen LogP contribution in [0.2, 0.25) is 0 Å². The summed E-state index contributed by atoms with van der Waals surface area (Å²) < 4.78 is 5.25. The summed E-state index contributed by atoms with van der Waals surface area (Å²) >= 11 is 0. The lowest BCUT2D eigenvalue weighted by molar-refractivity contribution is -0.137. The quantitative estimate of drug-likeness (QED) is 0.365. The highest BCUT2D eigenvalue weighted by Crippen LogP contribution is 2.11. The molecule has 0 radical (unpaired) electrons. The average molecular weight is 331 g/mol. The van der Waals surface area contributed by atoms with Crippen LogP contribution in [0.3, 0.4) is 0 Å². The van der Waals surface area contributed by atoms with Crippen molar-refractivity contribution in [1.82, 2.24) is 0 Å². The number of carboxylic acid groups (broad SMARTS) is 1. The molecule has 0 atom stereocenters. The fourth-order valence-corrected chi connectivity index (χ4v) is 2.48. The second-order valence-corrected chi connectivity index (χ2v) is 6.91. The molecule has 0 heterocycles. The average Bonchev–Trinajstić information content (AvgIpc) is 2.43. The van der Waals surface area contributed by atoms with Crippen LogP contribution in [0, 0.1) is 0 Å². The molecule has 0 rings (SSSR count). The van der Waals surface area contributed by atoms with E-state index < -0.39 is 5.97 Å². The Labute approximate surface area is 145 Å². The Bertz CT molecular complexity index is 231. The number of rotatable bonds is 14. The lowest BCUT2D eigenvalue weighted by Crippen LogP contribution is -2.09. The molecule has 0 bridgehead atoms. The summed E-state index contributed by atoms with van der Waals surface area (Å²) in [6.45, 7) is 10.4. The van der Waals surface area contributed by atoms with Crippen molar-refractivity contribution in [2.75, 3.05) is 0 Å². The van der Waals surface area contributed by atoms with Crippen molar-refractivity contribution in [1.29, 1.82) is 0 Å². The third-order valence-corrected chi connectivity index (χ3v) is 3.54. The molecule has 0 aliphatic carbocycles. The molecule has 0 saturated carbocycles. The molecule has 0 aromatic rings. The van der Waals surface area contributed by atoms with E-state index >= 15 is 0 Å². The predicted octanol–water partition coefficient (Wildman–Crippen LogP) is 6.59. The third-order valence-electron chi connectivity index (χ3n) is 3.54. The summed E-state index contributed by atoms with van der Waals surface area (Å²) in [4.78, 5) is 10.3. The van der Waals surface area contributed by atoms with Gasteiger partial charge in [-0.25, -0.2) is 0 Å². The first kappa shape index (κ1) is 24.7. The number of aliphatic carboxylic acids is 1. The summed E-state index contributed by atoms with van der Waals surface area (Å²) in [7, 11) is 0. The van der Waals surface area contributed by atoms with Crippen molar-refractivity contribution in [3.8, 4) is 0 Å². The molecule has 3 heteroatoms. The van der Waals surface area contributed by atoms with Gasteiger partial charge < -0.3 is 9.84 Å². The molecule has 0 aromatic carbocycles. The van der Waals surface area contributed by atoms with E-state index in [9.17, 15) is 4.79 Å². The second kappa shape index (κ2) is 19.5. The van der Waals surface area contributed by atoms with Crippen LogP contribution in [0.15, 0.2) is 0 Å². The minimum Gasteiger partial charge on any atom is -0.481 e. The van der Waals surface area contributed by atoms with Gasteiger partial charge in [0.05, 0.1) is 12.2 Å². The maximum atomic E-state index is 10.3. The highest BCUT2D eigenvalue weighted by Gasteiger charge is 1.96. The topological polar surface area (TPSA) is 46.5 Å². The van der Waals surface area contributed by atoms with Gasteiger partial charge in [-0.15, -0.1) is 0 Å². The predicted molar refractivity (Wildman–Crippen MR) is 100 cm³/mol. The maximum absolute atomic E-state index is 10.3. The van der Waals surface area contributed by atoms with Gasteiger partial charge in [0.25, 0.3) is 0 Å². The van der Waals surface area contributed by atoms with E-state index in [4.69, 9.17) is 9.84 Å². The Balaban J connectivity index is 0. The number of carboxylic acids is 1. The third kappa shape index (κ3) is 30.0. The molecule has 0 unspecified atom stereocenters. The van der Waals surface area contributed by atoms with Gasteiger partial charge in [-0.2, -0.15) is 0 Å². The Morgan fingerprint density at radius 3 is 1.35 bits per heavy atom. The molecule has 0 amide bonds. The fourth-order valence-electron chi connectivity index (χ4n) is 2.48. The van der Waals surface area contributed by atoms with Gasteiger partial charge in [0, 0.05) is 6.42 Å². The summed E-state index contributed by atoms with van der Waals surface area (Å²) in [6.07, 6.45) is 15.1. The summed E-state index contributed by atoms with van der Waals surface area (Å²) in [6, 6.07) is 0. The van der Waals surface area contributed by atoms with E-state index in [1.165, 1.54) is 57.8 Å². The number of ether oxygens (including phenoxy) is 1. The van der Waals surface area contributed by atoms with E-state index in [-0.39, 0.29) is 0 Å². The summed E-state index contributed by atoms with van der Waals surface area (Å²) in [5.74, 6) is -0.657. The smallest absolute Gasteiger partial charge is 0.303 e. The van der Waals surface area contributed by atoms with Gasteiger partial charge in [-0.1, -0.05) is 71.1 Å². The molecule has 0 saturated heterocycles. The van der Waals surface area contributed by atoms with E-state index in [1.54, 1.807) is 0 Å². The van der Waals surface area contributed by atoms with Gasteiger partial charge in [0.2, 0.25) is 0 Å². The lowest BCUT2D eigenvalue weighted by Gasteiger charge is -2.09. The highest BCUT2D eigenvalue weighted by atomic mass is 16.5. The van der Waals surface area contributed by atoms with Crippen LogP contribution in [-0.4, -0.2) is 23.3 Å². The van der Waals surface area contributed by atoms with Crippen molar-refractivity contribution in [2.24, 2.45) is 0 Å². The Hall–Kier alpha value is -0.570. The minimum atomic E-state index is -0.657. The van der Waals surface area contributed by atoms with E-state index in [2.05, 4.69) is 6.92 Å². The molecule has 1 N–H and O–H groups in total. The molecule has 3 nitrogen and oxygen atoms in total. The van der Waals surface area contributed by atoms with Gasteiger partial charge in [0.1, 0.15) is 0 Å². The van der Waals surface area contributed by atoms with Crippen LogP contribution in [-0.2, 0) is 9.53 Å². The van der Waals surface area contributed by atoms with Crippen LogP contribution in [0.25, 0.3) is 0 Å². The normalized spacial score (nSPS) is 10.7. The highest BCUT2D eigenvalue weighted by molar-refractivity contribution is 5.66. The first-order valence-electron chi connectivity index (χ1n) is 9.77.